The van der Waals surface area contributed by atoms with E-state index < -0.39 is 11.7 Å². The zero-order chi connectivity index (χ0) is 22.1. The molecule has 0 spiro atoms. The topological polar surface area (TPSA) is 48.5 Å². The van der Waals surface area contributed by atoms with Gasteiger partial charge in [0.2, 0.25) is 5.91 Å². The van der Waals surface area contributed by atoms with Gasteiger partial charge in [0.15, 0.2) is 0 Å². The molecule has 1 saturated heterocycles. The fourth-order valence-electron chi connectivity index (χ4n) is 3.87. The molecular formula is C22H35F3N4O. The molecule has 1 aliphatic heterocycles. The average Bonchev–Trinajstić information content (AvgIpc) is 2.74. The number of pyridine rings is 1. The molecule has 170 valence electrons. The Morgan fingerprint density at radius 3 is 2.50 bits per heavy atom. The van der Waals surface area contributed by atoms with E-state index in [4.69, 9.17) is 0 Å². The van der Waals surface area contributed by atoms with Crippen LogP contribution in [0.25, 0.3) is 0 Å². The Morgan fingerprint density at radius 2 is 1.90 bits per heavy atom. The highest BCUT2D eigenvalue weighted by molar-refractivity contribution is 5.78. The Hall–Kier alpha value is -1.83. The second-order valence-corrected chi connectivity index (χ2v) is 8.10. The van der Waals surface area contributed by atoms with Gasteiger partial charge in [-0.15, -0.1) is 0 Å². The molecule has 0 aromatic carbocycles. The summed E-state index contributed by atoms with van der Waals surface area (Å²) < 4.78 is 38.8. The van der Waals surface area contributed by atoms with Gasteiger partial charge in [0.05, 0.1) is 5.56 Å². The number of nitrogens with one attached hydrogen (secondary N) is 1. The van der Waals surface area contributed by atoms with Crippen molar-refractivity contribution in [2.24, 2.45) is 5.92 Å². The van der Waals surface area contributed by atoms with Crippen molar-refractivity contribution in [2.45, 2.75) is 65.1 Å². The Morgan fingerprint density at radius 1 is 1.20 bits per heavy atom. The van der Waals surface area contributed by atoms with E-state index in [-0.39, 0.29) is 11.8 Å². The molecule has 30 heavy (non-hydrogen) atoms. The van der Waals surface area contributed by atoms with Gasteiger partial charge >= 0.3 is 6.18 Å². The highest BCUT2D eigenvalue weighted by atomic mass is 19.4. The van der Waals surface area contributed by atoms with Crippen LogP contribution in [0.15, 0.2) is 18.3 Å². The standard InChI is InChI=1S/C22H35F3N4O/c1-4-7-19(5-2)26-10-6-8-17(3)21(30)29-14-12-28(13-15-29)20-16-18(9-11-27-20)22(23,24)25/h9,11,16-17,19,26H,4-8,10,12-15H2,1-3H3. The molecule has 1 amide bonds. The van der Waals surface area contributed by atoms with Crippen molar-refractivity contribution in [1.82, 2.24) is 15.2 Å². The maximum atomic E-state index is 12.9. The molecule has 0 bridgehead atoms. The maximum absolute atomic E-state index is 12.9. The van der Waals surface area contributed by atoms with Gasteiger partial charge in [-0.2, -0.15) is 13.2 Å². The molecule has 0 saturated carbocycles. The van der Waals surface area contributed by atoms with E-state index in [1.165, 1.54) is 19.0 Å². The number of carbonyl (C=O) groups is 1. The molecular weight excluding hydrogens is 393 g/mol. The number of amides is 1. The number of rotatable bonds is 10. The van der Waals surface area contributed by atoms with Crippen LogP contribution in [0.1, 0.15) is 58.4 Å². The fourth-order valence-corrected chi connectivity index (χ4v) is 3.87. The van der Waals surface area contributed by atoms with Crippen LogP contribution < -0.4 is 10.2 Å². The first kappa shape index (κ1) is 24.4. The molecule has 1 aromatic rings. The van der Waals surface area contributed by atoms with Crippen LogP contribution in [0.2, 0.25) is 0 Å². The monoisotopic (exact) mass is 428 g/mol. The van der Waals surface area contributed by atoms with Crippen molar-refractivity contribution in [2.75, 3.05) is 37.6 Å². The van der Waals surface area contributed by atoms with Crippen LogP contribution in [0.4, 0.5) is 19.0 Å². The number of hydrogen-bond donors (Lipinski definition) is 1. The van der Waals surface area contributed by atoms with Crippen molar-refractivity contribution < 1.29 is 18.0 Å². The molecule has 1 aromatic heterocycles. The number of hydrogen-bond acceptors (Lipinski definition) is 4. The highest BCUT2D eigenvalue weighted by Gasteiger charge is 2.32. The first-order valence-corrected chi connectivity index (χ1v) is 11.1. The van der Waals surface area contributed by atoms with E-state index in [2.05, 4.69) is 24.1 Å². The number of carbonyl (C=O) groups excluding carboxylic acids is 1. The molecule has 2 rings (SSSR count). The van der Waals surface area contributed by atoms with Crippen LogP contribution in [-0.2, 0) is 11.0 Å². The summed E-state index contributed by atoms with van der Waals surface area (Å²) in [6, 6.07) is 2.61. The van der Waals surface area contributed by atoms with Gasteiger partial charge in [-0.3, -0.25) is 4.79 Å². The number of halogens is 3. The highest BCUT2D eigenvalue weighted by Crippen LogP contribution is 2.31. The van der Waals surface area contributed by atoms with Crippen LogP contribution in [0, 0.1) is 5.92 Å². The molecule has 0 radical (unpaired) electrons. The summed E-state index contributed by atoms with van der Waals surface area (Å²) in [6.07, 6.45) is 2.07. The van der Waals surface area contributed by atoms with Gasteiger partial charge in [0.1, 0.15) is 5.82 Å². The van der Waals surface area contributed by atoms with Gasteiger partial charge < -0.3 is 15.1 Å². The maximum Gasteiger partial charge on any atom is 0.416 e. The summed E-state index contributed by atoms with van der Waals surface area (Å²) in [7, 11) is 0. The minimum absolute atomic E-state index is 0.0451. The number of alkyl halides is 3. The number of aromatic nitrogens is 1. The lowest BCUT2D eigenvalue weighted by atomic mass is 10.0. The van der Waals surface area contributed by atoms with Gasteiger partial charge in [-0.1, -0.05) is 27.2 Å². The third-order valence-electron chi connectivity index (χ3n) is 5.79. The second kappa shape index (κ2) is 11.5. The van der Waals surface area contributed by atoms with Gasteiger partial charge in [-0.25, -0.2) is 4.98 Å². The van der Waals surface area contributed by atoms with Crippen molar-refractivity contribution in [1.29, 1.82) is 0 Å². The molecule has 1 N–H and O–H groups in total. The molecule has 1 aliphatic rings. The quantitative estimate of drug-likeness (QED) is 0.564. The van der Waals surface area contributed by atoms with Gasteiger partial charge in [0, 0.05) is 44.3 Å². The van der Waals surface area contributed by atoms with Gasteiger partial charge in [-0.05, 0) is 44.4 Å². The van der Waals surface area contributed by atoms with E-state index in [9.17, 15) is 18.0 Å². The first-order chi connectivity index (χ1) is 14.3. The van der Waals surface area contributed by atoms with Crippen molar-refractivity contribution >= 4 is 11.7 Å². The lowest BCUT2D eigenvalue weighted by Gasteiger charge is -2.36. The van der Waals surface area contributed by atoms with E-state index >= 15 is 0 Å². The van der Waals surface area contributed by atoms with Gasteiger partial charge in [0.25, 0.3) is 0 Å². The Kier molecular flexibility index (Phi) is 9.39. The largest absolute Gasteiger partial charge is 0.416 e. The molecule has 2 atom stereocenters. The molecule has 2 unspecified atom stereocenters. The minimum Gasteiger partial charge on any atom is -0.353 e. The third kappa shape index (κ3) is 7.15. The summed E-state index contributed by atoms with van der Waals surface area (Å²) in [5, 5.41) is 3.56. The zero-order valence-corrected chi connectivity index (χ0v) is 18.3. The Labute approximate surface area is 178 Å². The number of piperazine rings is 1. The summed E-state index contributed by atoms with van der Waals surface area (Å²) in [6.45, 7) is 9.26. The predicted octanol–water partition coefficient (Wildman–Crippen LogP) is 4.33. The molecule has 2 heterocycles. The molecule has 5 nitrogen and oxygen atoms in total. The summed E-state index contributed by atoms with van der Waals surface area (Å²) in [5.74, 6) is 0.400. The lowest BCUT2D eigenvalue weighted by molar-refractivity contribution is -0.137. The van der Waals surface area contributed by atoms with Crippen LogP contribution in [-0.4, -0.2) is 54.6 Å². The predicted molar refractivity (Wildman–Crippen MR) is 113 cm³/mol. The van der Waals surface area contributed by atoms with E-state index in [1.807, 2.05) is 16.7 Å². The van der Waals surface area contributed by atoms with Crippen LogP contribution >= 0.6 is 0 Å². The van der Waals surface area contributed by atoms with Crippen molar-refractivity contribution in [3.8, 4) is 0 Å². The van der Waals surface area contributed by atoms with Crippen molar-refractivity contribution in [3.05, 3.63) is 23.9 Å². The zero-order valence-electron chi connectivity index (χ0n) is 18.3. The number of anilines is 1. The van der Waals surface area contributed by atoms with E-state index in [1.54, 1.807) is 0 Å². The summed E-state index contributed by atoms with van der Waals surface area (Å²) in [4.78, 5) is 20.5. The molecule has 8 heteroatoms. The van der Waals surface area contributed by atoms with Crippen LogP contribution in [0.5, 0.6) is 0 Å². The first-order valence-electron chi connectivity index (χ1n) is 11.1. The number of nitrogens with zero attached hydrogens (tertiary/aromatic N) is 3. The second-order valence-electron chi connectivity index (χ2n) is 8.10. The summed E-state index contributed by atoms with van der Waals surface area (Å²) in [5.41, 5.74) is -0.697. The van der Waals surface area contributed by atoms with E-state index in [0.29, 0.717) is 38.0 Å². The summed E-state index contributed by atoms with van der Waals surface area (Å²) >= 11 is 0. The van der Waals surface area contributed by atoms with Crippen LogP contribution in [0.3, 0.4) is 0 Å². The Bertz CT molecular complexity index is 660. The minimum atomic E-state index is -4.38. The normalized spacial score (nSPS) is 17.1. The Balaban J connectivity index is 1.77. The van der Waals surface area contributed by atoms with Crippen molar-refractivity contribution in [3.63, 3.8) is 0 Å². The average molecular weight is 429 g/mol. The lowest BCUT2D eigenvalue weighted by Crippen LogP contribution is -2.50. The molecule has 0 aliphatic carbocycles. The smallest absolute Gasteiger partial charge is 0.353 e. The SMILES string of the molecule is CCCC(CC)NCCCC(C)C(=O)N1CCN(c2cc(C(F)(F)F)ccn2)CC1. The fraction of sp³-hybridized carbons (Fsp3) is 0.727. The third-order valence-corrected chi connectivity index (χ3v) is 5.79. The molecule has 1 fully saturated rings. The van der Waals surface area contributed by atoms with E-state index in [0.717, 1.165) is 37.9 Å².